The maximum Gasteiger partial charge on any atom is 0.330 e. The van der Waals surface area contributed by atoms with Gasteiger partial charge >= 0.3 is 5.97 Å². The van der Waals surface area contributed by atoms with Crippen LogP contribution in [-0.4, -0.2) is 52.2 Å². The monoisotopic (exact) mass is 450 g/mol. The van der Waals surface area contributed by atoms with Crippen molar-refractivity contribution >= 4 is 16.7 Å². The molecule has 0 amide bonds. The number of fused-ring (bicyclic) bond motifs is 1. The summed E-state index contributed by atoms with van der Waals surface area (Å²) in [4.78, 5) is 10.9. The first-order valence-electron chi connectivity index (χ1n) is 11.0. The Balaban J connectivity index is 1.35. The Morgan fingerprint density at radius 2 is 1.52 bits per heavy atom. The Morgan fingerprint density at radius 1 is 0.758 bits per heavy atom. The summed E-state index contributed by atoms with van der Waals surface area (Å²) in [6.45, 7) is 6.24. The number of hydrogen-bond acceptors (Lipinski definition) is 6. The van der Waals surface area contributed by atoms with Gasteiger partial charge in [0.15, 0.2) is 0 Å². The van der Waals surface area contributed by atoms with E-state index in [0.717, 1.165) is 34.8 Å². The molecule has 174 valence electrons. The summed E-state index contributed by atoms with van der Waals surface area (Å²) < 4.78 is 27.5. The van der Waals surface area contributed by atoms with Gasteiger partial charge in [-0.05, 0) is 35.2 Å². The quantitative estimate of drug-likeness (QED) is 0.192. The highest BCUT2D eigenvalue weighted by Crippen LogP contribution is 2.28. The fourth-order valence-electron chi connectivity index (χ4n) is 3.17. The molecule has 3 rings (SSSR count). The van der Waals surface area contributed by atoms with Crippen molar-refractivity contribution in [2.45, 2.75) is 6.42 Å². The molecule has 0 saturated heterocycles. The molecule has 0 saturated carbocycles. The van der Waals surface area contributed by atoms with E-state index in [1.165, 1.54) is 5.56 Å². The molecule has 0 aliphatic heterocycles. The third kappa shape index (κ3) is 8.60. The lowest BCUT2D eigenvalue weighted by Gasteiger charge is -2.12. The van der Waals surface area contributed by atoms with Crippen molar-refractivity contribution < 1.29 is 28.5 Å². The van der Waals surface area contributed by atoms with Gasteiger partial charge in [0.1, 0.15) is 24.7 Å². The maximum atomic E-state index is 10.9. The van der Waals surface area contributed by atoms with Crippen molar-refractivity contribution in [3.63, 3.8) is 0 Å². The Kier molecular flexibility index (Phi) is 10.3. The highest BCUT2D eigenvalue weighted by atomic mass is 16.6. The zero-order chi connectivity index (χ0) is 23.1. The number of ether oxygens (including phenoxy) is 5. The minimum atomic E-state index is -0.452. The Labute approximate surface area is 194 Å². The number of carbonyl (C=O) groups is 1. The van der Waals surface area contributed by atoms with E-state index < -0.39 is 5.97 Å². The molecule has 6 heteroatoms. The molecule has 0 spiro atoms. The molecule has 33 heavy (non-hydrogen) atoms. The first-order chi connectivity index (χ1) is 16.3. The lowest BCUT2D eigenvalue weighted by Crippen LogP contribution is -2.13. The van der Waals surface area contributed by atoms with Gasteiger partial charge in [0.25, 0.3) is 0 Å². The second-order valence-corrected chi connectivity index (χ2v) is 7.17. The number of esters is 1. The van der Waals surface area contributed by atoms with Crippen LogP contribution < -0.4 is 9.47 Å². The lowest BCUT2D eigenvalue weighted by molar-refractivity contribution is -0.139. The van der Waals surface area contributed by atoms with Gasteiger partial charge in [-0.15, -0.1) is 0 Å². The second-order valence-electron chi connectivity index (χ2n) is 7.17. The van der Waals surface area contributed by atoms with Crippen molar-refractivity contribution in [3.05, 3.63) is 84.9 Å². The predicted molar refractivity (Wildman–Crippen MR) is 128 cm³/mol. The van der Waals surface area contributed by atoms with Crippen molar-refractivity contribution in [3.8, 4) is 11.5 Å². The first-order valence-corrected chi connectivity index (χ1v) is 11.0. The molecule has 0 unspecified atom stereocenters. The number of hydrogen-bond donors (Lipinski definition) is 0. The summed E-state index contributed by atoms with van der Waals surface area (Å²) in [6, 6.07) is 22.3. The van der Waals surface area contributed by atoms with Gasteiger partial charge in [-0.1, -0.05) is 49.0 Å². The van der Waals surface area contributed by atoms with Crippen LogP contribution in [0.5, 0.6) is 11.5 Å². The largest absolute Gasteiger partial charge is 0.493 e. The van der Waals surface area contributed by atoms with Gasteiger partial charge in [-0.3, -0.25) is 0 Å². The van der Waals surface area contributed by atoms with Gasteiger partial charge in [-0.2, -0.15) is 0 Å². The van der Waals surface area contributed by atoms with E-state index in [1.807, 2.05) is 54.6 Å². The smallest absolute Gasteiger partial charge is 0.330 e. The minimum absolute atomic E-state index is 0.203. The van der Waals surface area contributed by atoms with Crippen LogP contribution in [0.15, 0.2) is 79.4 Å². The molecule has 0 heterocycles. The van der Waals surface area contributed by atoms with Gasteiger partial charge in [0, 0.05) is 17.9 Å². The third-order valence-electron chi connectivity index (χ3n) is 4.81. The van der Waals surface area contributed by atoms with E-state index in [1.54, 1.807) is 0 Å². The van der Waals surface area contributed by atoms with Crippen molar-refractivity contribution in [1.82, 2.24) is 0 Å². The van der Waals surface area contributed by atoms with E-state index in [2.05, 4.69) is 18.7 Å². The molecule has 0 aromatic heterocycles. The van der Waals surface area contributed by atoms with E-state index in [0.29, 0.717) is 39.6 Å². The lowest BCUT2D eigenvalue weighted by atomic mass is 10.1. The molecule has 0 aliphatic carbocycles. The molecule has 3 aromatic rings. The van der Waals surface area contributed by atoms with Crippen molar-refractivity contribution in [1.29, 1.82) is 0 Å². The van der Waals surface area contributed by atoms with E-state index in [4.69, 9.17) is 23.7 Å². The summed E-state index contributed by atoms with van der Waals surface area (Å²) >= 11 is 0. The van der Waals surface area contributed by atoms with Gasteiger partial charge in [-0.25, -0.2) is 4.79 Å². The summed E-state index contributed by atoms with van der Waals surface area (Å²) in [6.07, 6.45) is 1.99. The Morgan fingerprint density at radius 3 is 2.30 bits per heavy atom. The second kappa shape index (κ2) is 13.9. The molecule has 0 fully saturated rings. The predicted octanol–water partition coefficient (Wildman–Crippen LogP) is 4.60. The fourth-order valence-corrected chi connectivity index (χ4v) is 3.17. The molecular formula is C27H30O6. The molecule has 6 nitrogen and oxygen atoms in total. The minimum Gasteiger partial charge on any atom is -0.493 e. The summed E-state index contributed by atoms with van der Waals surface area (Å²) in [5.41, 5.74) is 1.26. The summed E-state index contributed by atoms with van der Waals surface area (Å²) in [5, 5.41) is 2.10. The first kappa shape index (κ1) is 24.3. The Hall–Kier alpha value is -3.35. The SMILES string of the molecule is C=CC(=O)OCCOCCOCCOc1cccc2cc(OCCc3ccccc3)ccc12. The Bertz CT molecular complexity index is 1000. The molecule has 3 aromatic carbocycles. The van der Waals surface area contributed by atoms with Crippen LogP contribution in [0, 0.1) is 0 Å². The highest BCUT2D eigenvalue weighted by Gasteiger charge is 2.04. The normalized spacial score (nSPS) is 10.7. The van der Waals surface area contributed by atoms with E-state index in [9.17, 15) is 4.79 Å². The van der Waals surface area contributed by atoms with Crippen LogP contribution >= 0.6 is 0 Å². The number of rotatable bonds is 15. The van der Waals surface area contributed by atoms with Gasteiger partial charge in [0.2, 0.25) is 0 Å². The standard InChI is InChI=1S/C27H30O6/c1-2-27(28)33-20-18-30-16-15-29-17-19-32-26-10-6-9-23-21-24(11-12-25(23)26)31-14-13-22-7-4-3-5-8-22/h2-12,21H,1,13-20H2. The van der Waals surface area contributed by atoms with Crippen LogP contribution in [-0.2, 0) is 25.4 Å². The third-order valence-corrected chi connectivity index (χ3v) is 4.81. The van der Waals surface area contributed by atoms with Gasteiger partial charge in [0.05, 0.1) is 33.0 Å². The molecule has 0 atom stereocenters. The summed E-state index contributed by atoms with van der Waals surface area (Å²) in [5.74, 6) is 1.21. The van der Waals surface area contributed by atoms with Crippen molar-refractivity contribution in [2.24, 2.45) is 0 Å². The topological polar surface area (TPSA) is 63.2 Å². The molecule has 0 N–H and O–H groups in total. The fraction of sp³-hybridized carbons (Fsp3) is 0.296. The van der Waals surface area contributed by atoms with Crippen LogP contribution in [0.4, 0.5) is 0 Å². The number of carbonyl (C=O) groups excluding carboxylic acids is 1. The van der Waals surface area contributed by atoms with Crippen LogP contribution in [0.2, 0.25) is 0 Å². The number of benzene rings is 3. The van der Waals surface area contributed by atoms with Gasteiger partial charge < -0.3 is 23.7 Å². The van der Waals surface area contributed by atoms with E-state index >= 15 is 0 Å². The molecule has 0 aliphatic rings. The molecule has 0 radical (unpaired) electrons. The zero-order valence-corrected chi connectivity index (χ0v) is 18.7. The zero-order valence-electron chi connectivity index (χ0n) is 18.7. The average Bonchev–Trinajstić information content (AvgIpc) is 2.85. The molecular weight excluding hydrogens is 420 g/mol. The maximum absolute atomic E-state index is 10.9. The summed E-state index contributed by atoms with van der Waals surface area (Å²) in [7, 11) is 0. The average molecular weight is 451 g/mol. The van der Waals surface area contributed by atoms with Crippen molar-refractivity contribution in [2.75, 3.05) is 46.2 Å². The van der Waals surface area contributed by atoms with Crippen LogP contribution in [0.1, 0.15) is 5.56 Å². The highest BCUT2D eigenvalue weighted by molar-refractivity contribution is 5.89. The van der Waals surface area contributed by atoms with Crippen LogP contribution in [0.3, 0.4) is 0 Å². The van der Waals surface area contributed by atoms with Crippen LogP contribution in [0.25, 0.3) is 10.8 Å². The molecule has 0 bridgehead atoms. The van der Waals surface area contributed by atoms with E-state index in [-0.39, 0.29) is 6.61 Å².